The van der Waals surface area contributed by atoms with Gasteiger partial charge in [-0.15, -0.1) is 6.58 Å². The highest BCUT2D eigenvalue weighted by Gasteiger charge is 2.28. The summed E-state index contributed by atoms with van der Waals surface area (Å²) in [5.74, 6) is 4.20. The molecule has 0 aromatic heterocycles. The highest BCUT2D eigenvalue weighted by molar-refractivity contribution is 5.64. The predicted molar refractivity (Wildman–Crippen MR) is 159 cm³/mol. The standard InChI is InChI=1S/C36H52/c1-4-7-8-11-29-14-18-34(19-15-29)36(10-6-3)35-26-24-33(25-27-35)32-22-20-31(21-23-32)30-16-12-28(9-5-2)13-17-30/h6,20-30,34,36H,3-5,7-19H2,1-2H3. The summed E-state index contributed by atoms with van der Waals surface area (Å²) in [6.45, 7) is 8.76. The largest absolute Gasteiger partial charge is 0.103 e. The van der Waals surface area contributed by atoms with Gasteiger partial charge in [0.15, 0.2) is 0 Å². The first kappa shape index (κ1) is 27.2. The van der Waals surface area contributed by atoms with Crippen LogP contribution in [0.2, 0.25) is 0 Å². The summed E-state index contributed by atoms with van der Waals surface area (Å²) < 4.78 is 0. The summed E-state index contributed by atoms with van der Waals surface area (Å²) in [6, 6.07) is 19.1. The van der Waals surface area contributed by atoms with Crippen molar-refractivity contribution in [2.75, 3.05) is 0 Å². The van der Waals surface area contributed by atoms with Gasteiger partial charge in [0, 0.05) is 0 Å². The van der Waals surface area contributed by atoms with Gasteiger partial charge in [0.2, 0.25) is 0 Å². The van der Waals surface area contributed by atoms with Crippen LogP contribution in [-0.2, 0) is 0 Å². The molecule has 0 heterocycles. The van der Waals surface area contributed by atoms with E-state index in [2.05, 4.69) is 75.0 Å². The van der Waals surface area contributed by atoms with Crippen molar-refractivity contribution < 1.29 is 0 Å². The molecule has 2 fully saturated rings. The molecule has 2 aliphatic carbocycles. The minimum Gasteiger partial charge on any atom is -0.103 e. The molecule has 0 spiro atoms. The van der Waals surface area contributed by atoms with Gasteiger partial charge >= 0.3 is 0 Å². The lowest BCUT2D eigenvalue weighted by atomic mass is 9.71. The molecule has 0 N–H and O–H groups in total. The van der Waals surface area contributed by atoms with Crippen molar-refractivity contribution in [2.45, 2.75) is 122 Å². The van der Waals surface area contributed by atoms with Crippen molar-refractivity contribution in [1.29, 1.82) is 0 Å². The first-order chi connectivity index (χ1) is 17.7. The maximum atomic E-state index is 4.11. The molecule has 1 unspecified atom stereocenters. The quantitative estimate of drug-likeness (QED) is 0.207. The highest BCUT2D eigenvalue weighted by Crippen LogP contribution is 2.42. The third kappa shape index (κ3) is 7.36. The van der Waals surface area contributed by atoms with E-state index in [-0.39, 0.29) is 0 Å². The van der Waals surface area contributed by atoms with Crippen LogP contribution in [0.3, 0.4) is 0 Å². The van der Waals surface area contributed by atoms with Gasteiger partial charge in [-0.3, -0.25) is 0 Å². The SMILES string of the molecule is C=CCC(c1ccc(-c2ccc(C3CCC(CCC)CC3)cc2)cc1)C1CCC(CCCCC)CC1. The molecule has 2 saturated carbocycles. The molecule has 0 amide bonds. The Morgan fingerprint density at radius 2 is 1.28 bits per heavy atom. The average Bonchev–Trinajstić information content (AvgIpc) is 2.93. The van der Waals surface area contributed by atoms with Crippen molar-refractivity contribution >= 4 is 0 Å². The Balaban J connectivity index is 1.34. The van der Waals surface area contributed by atoms with Gasteiger partial charge in [-0.25, -0.2) is 0 Å². The van der Waals surface area contributed by atoms with E-state index >= 15 is 0 Å². The summed E-state index contributed by atoms with van der Waals surface area (Å²) >= 11 is 0. The van der Waals surface area contributed by atoms with Gasteiger partial charge in [-0.05, 0) is 96.8 Å². The van der Waals surface area contributed by atoms with Gasteiger partial charge < -0.3 is 0 Å². The number of hydrogen-bond donors (Lipinski definition) is 0. The van der Waals surface area contributed by atoms with Crippen LogP contribution < -0.4 is 0 Å². The number of rotatable bonds is 12. The Labute approximate surface area is 223 Å². The molecule has 0 bridgehead atoms. The molecule has 0 radical (unpaired) electrons. The Bertz CT molecular complexity index is 873. The molecule has 0 nitrogen and oxygen atoms in total. The first-order valence-corrected chi connectivity index (χ1v) is 15.5. The Kier molecular flexibility index (Phi) is 10.7. The molecule has 0 aliphatic heterocycles. The fourth-order valence-electron chi connectivity index (χ4n) is 7.41. The van der Waals surface area contributed by atoms with Crippen LogP contribution in [0.15, 0.2) is 61.2 Å². The van der Waals surface area contributed by atoms with E-state index in [1.807, 2.05) is 0 Å². The van der Waals surface area contributed by atoms with Crippen molar-refractivity contribution in [2.24, 2.45) is 17.8 Å². The smallest absolute Gasteiger partial charge is 0.00991 e. The van der Waals surface area contributed by atoms with E-state index in [0.717, 1.165) is 30.1 Å². The monoisotopic (exact) mass is 484 g/mol. The van der Waals surface area contributed by atoms with Crippen LogP contribution in [0, 0.1) is 17.8 Å². The minimum absolute atomic E-state index is 0.637. The molecule has 2 aliphatic rings. The summed E-state index contributed by atoms with van der Waals surface area (Å²) in [4.78, 5) is 0. The van der Waals surface area contributed by atoms with Crippen LogP contribution in [0.4, 0.5) is 0 Å². The Hall–Kier alpha value is -1.82. The highest BCUT2D eigenvalue weighted by atomic mass is 14.3. The average molecular weight is 485 g/mol. The normalized spacial score (nSPS) is 25.4. The minimum atomic E-state index is 0.637. The lowest BCUT2D eigenvalue weighted by Crippen LogP contribution is -2.20. The zero-order valence-corrected chi connectivity index (χ0v) is 23.4. The number of benzene rings is 2. The van der Waals surface area contributed by atoms with E-state index in [4.69, 9.17) is 0 Å². The van der Waals surface area contributed by atoms with Gasteiger partial charge in [0.05, 0.1) is 0 Å². The molecule has 2 aromatic rings. The lowest BCUT2D eigenvalue weighted by molar-refractivity contribution is 0.230. The summed E-state index contributed by atoms with van der Waals surface area (Å²) in [5, 5.41) is 0. The van der Waals surface area contributed by atoms with Gasteiger partial charge in [-0.2, -0.15) is 0 Å². The molecule has 0 saturated heterocycles. The maximum absolute atomic E-state index is 4.11. The predicted octanol–water partition coefficient (Wildman–Crippen LogP) is 11.5. The van der Waals surface area contributed by atoms with E-state index < -0.39 is 0 Å². The van der Waals surface area contributed by atoms with E-state index in [0.29, 0.717) is 5.92 Å². The molecule has 0 heteroatoms. The molecular formula is C36H52. The lowest BCUT2D eigenvalue weighted by Gasteiger charge is -2.34. The van der Waals surface area contributed by atoms with Crippen molar-refractivity contribution in [3.8, 4) is 11.1 Å². The second-order valence-corrected chi connectivity index (χ2v) is 12.2. The topological polar surface area (TPSA) is 0 Å². The van der Waals surface area contributed by atoms with Crippen LogP contribution in [0.1, 0.15) is 133 Å². The number of unbranched alkanes of at least 4 members (excludes halogenated alkanes) is 2. The third-order valence-electron chi connectivity index (χ3n) is 9.69. The number of hydrogen-bond acceptors (Lipinski definition) is 0. The van der Waals surface area contributed by atoms with Crippen molar-refractivity contribution in [3.05, 3.63) is 72.3 Å². The van der Waals surface area contributed by atoms with Gasteiger partial charge in [0.25, 0.3) is 0 Å². The Morgan fingerprint density at radius 3 is 1.86 bits per heavy atom. The van der Waals surface area contributed by atoms with Crippen molar-refractivity contribution in [1.82, 2.24) is 0 Å². The zero-order valence-electron chi connectivity index (χ0n) is 23.4. The number of allylic oxidation sites excluding steroid dienone is 1. The molecule has 1 atom stereocenters. The fourth-order valence-corrected chi connectivity index (χ4v) is 7.41. The van der Waals surface area contributed by atoms with Crippen LogP contribution in [0.25, 0.3) is 11.1 Å². The second kappa shape index (κ2) is 14.2. The van der Waals surface area contributed by atoms with Crippen LogP contribution in [-0.4, -0.2) is 0 Å². The fraction of sp³-hybridized carbons (Fsp3) is 0.611. The molecule has 36 heavy (non-hydrogen) atoms. The summed E-state index contributed by atoms with van der Waals surface area (Å²) in [7, 11) is 0. The van der Waals surface area contributed by atoms with E-state index in [1.54, 1.807) is 5.56 Å². The van der Waals surface area contributed by atoms with E-state index in [9.17, 15) is 0 Å². The molecule has 4 rings (SSSR count). The van der Waals surface area contributed by atoms with E-state index in [1.165, 1.54) is 107 Å². The Morgan fingerprint density at radius 1 is 0.694 bits per heavy atom. The maximum Gasteiger partial charge on any atom is -0.00991 e. The molecule has 196 valence electrons. The summed E-state index contributed by atoms with van der Waals surface area (Å²) in [6.07, 6.45) is 23.0. The van der Waals surface area contributed by atoms with Crippen molar-refractivity contribution in [3.63, 3.8) is 0 Å². The van der Waals surface area contributed by atoms with Gasteiger partial charge in [0.1, 0.15) is 0 Å². The zero-order chi connectivity index (χ0) is 25.2. The van der Waals surface area contributed by atoms with Crippen LogP contribution >= 0.6 is 0 Å². The second-order valence-electron chi connectivity index (χ2n) is 12.2. The van der Waals surface area contributed by atoms with Gasteiger partial charge in [-0.1, -0.05) is 120 Å². The first-order valence-electron chi connectivity index (χ1n) is 15.5. The van der Waals surface area contributed by atoms with Crippen LogP contribution in [0.5, 0.6) is 0 Å². The summed E-state index contributed by atoms with van der Waals surface area (Å²) in [5.41, 5.74) is 5.79. The molecule has 2 aromatic carbocycles. The third-order valence-corrected chi connectivity index (χ3v) is 9.69. The molecular weight excluding hydrogens is 432 g/mol.